The molecule has 5 rings (SSSR count). The number of benzene rings is 1. The van der Waals surface area contributed by atoms with E-state index in [0.717, 1.165) is 32.2 Å². The zero-order valence-electron chi connectivity index (χ0n) is 17.2. The molecule has 1 atom stereocenters. The number of carbonyl (C=O) groups excluding carboxylic acids is 1. The van der Waals surface area contributed by atoms with E-state index in [2.05, 4.69) is 18.2 Å². The van der Waals surface area contributed by atoms with Crippen LogP contribution in [-0.2, 0) is 5.75 Å². The summed E-state index contributed by atoms with van der Waals surface area (Å²) in [5.41, 5.74) is 3.14. The van der Waals surface area contributed by atoms with Gasteiger partial charge in [-0.3, -0.25) is 19.3 Å². The lowest BCUT2D eigenvalue weighted by Crippen LogP contribution is -2.56. The van der Waals surface area contributed by atoms with Gasteiger partial charge in [0.2, 0.25) is 0 Å². The van der Waals surface area contributed by atoms with Gasteiger partial charge in [-0.1, -0.05) is 36.4 Å². The molecule has 8 heteroatoms. The maximum Gasteiger partial charge on any atom is 0.274 e. The zero-order chi connectivity index (χ0) is 22.4. The second kappa shape index (κ2) is 7.99. The summed E-state index contributed by atoms with van der Waals surface area (Å²) in [5.74, 6) is 0.165. The Morgan fingerprint density at radius 1 is 1.16 bits per heavy atom. The van der Waals surface area contributed by atoms with E-state index in [9.17, 15) is 18.4 Å². The number of thioether (sulfide) groups is 1. The highest BCUT2D eigenvalue weighted by atomic mass is 32.2. The lowest BCUT2D eigenvalue weighted by Gasteiger charge is -2.44. The molecule has 2 aliphatic heterocycles. The molecule has 2 aromatic carbocycles. The fourth-order valence-electron chi connectivity index (χ4n) is 4.36. The number of fused-ring (bicyclic) bond motifs is 3. The van der Waals surface area contributed by atoms with Crippen molar-refractivity contribution in [2.24, 2.45) is 0 Å². The predicted molar refractivity (Wildman–Crippen MR) is 118 cm³/mol. The molecule has 0 aliphatic carbocycles. The summed E-state index contributed by atoms with van der Waals surface area (Å²) in [6.07, 6.45) is -1.13. The largest absolute Gasteiger partial charge is 0.312 e. The maximum absolute atomic E-state index is 13.4. The fourth-order valence-corrected chi connectivity index (χ4v) is 5.40. The first-order valence-corrected chi connectivity index (χ1v) is 11.1. The van der Waals surface area contributed by atoms with Crippen molar-refractivity contribution >= 4 is 17.7 Å². The van der Waals surface area contributed by atoms with Crippen LogP contribution in [0, 0.1) is 19.1 Å². The molecule has 0 spiro atoms. The highest BCUT2D eigenvalue weighted by molar-refractivity contribution is 7.98. The number of hydrogen-bond donors (Lipinski definition) is 0. The Hall–Kier alpha value is -3.31. The monoisotopic (exact) mass is 451 g/mol. The minimum atomic E-state index is -2.68. The van der Waals surface area contributed by atoms with Crippen molar-refractivity contribution in [2.45, 2.75) is 30.0 Å². The Labute approximate surface area is 188 Å². The molecule has 1 aromatic heterocycles. The molecule has 3 heterocycles. The zero-order valence-corrected chi connectivity index (χ0v) is 18.0. The second-order valence-corrected chi connectivity index (χ2v) is 8.76. The van der Waals surface area contributed by atoms with Gasteiger partial charge < -0.3 is 4.90 Å². The number of carbonyl (C=O) groups is 1. The Morgan fingerprint density at radius 2 is 1.97 bits per heavy atom. The van der Waals surface area contributed by atoms with Crippen molar-refractivity contribution in [3.8, 4) is 0 Å². The Balaban J connectivity index is 1.76. The fraction of sp³-hybridized carbons (Fsp3) is 0.250. The third-order valence-corrected chi connectivity index (χ3v) is 6.95. The van der Waals surface area contributed by atoms with Gasteiger partial charge in [-0.15, -0.1) is 11.8 Å². The molecule has 5 nitrogen and oxygen atoms in total. The lowest BCUT2D eigenvalue weighted by molar-refractivity contribution is 0.0473. The first kappa shape index (κ1) is 20.6. The summed E-state index contributed by atoms with van der Waals surface area (Å²) in [4.78, 5) is 27.5. The molecule has 2 aliphatic rings. The minimum Gasteiger partial charge on any atom is -0.312 e. The van der Waals surface area contributed by atoms with Crippen LogP contribution in [0.5, 0.6) is 0 Å². The van der Waals surface area contributed by atoms with E-state index < -0.39 is 18.9 Å². The summed E-state index contributed by atoms with van der Waals surface area (Å²) >= 11 is 1.65. The van der Waals surface area contributed by atoms with Crippen LogP contribution < -0.4 is 10.4 Å². The third-order valence-electron chi connectivity index (χ3n) is 5.87. The molecule has 1 unspecified atom stereocenters. The molecule has 0 radical (unpaired) electrons. The van der Waals surface area contributed by atoms with Gasteiger partial charge in [0.1, 0.15) is 12.4 Å². The van der Waals surface area contributed by atoms with Crippen LogP contribution in [-0.4, -0.2) is 35.1 Å². The smallest absolute Gasteiger partial charge is 0.274 e. The van der Waals surface area contributed by atoms with Crippen molar-refractivity contribution in [1.82, 2.24) is 9.58 Å². The van der Waals surface area contributed by atoms with Gasteiger partial charge in [0.25, 0.3) is 12.3 Å². The number of amides is 1. The van der Waals surface area contributed by atoms with E-state index in [1.807, 2.05) is 29.3 Å². The predicted octanol–water partition coefficient (Wildman–Crippen LogP) is 3.77. The van der Waals surface area contributed by atoms with Gasteiger partial charge >= 0.3 is 0 Å². The van der Waals surface area contributed by atoms with Crippen LogP contribution in [0.2, 0.25) is 0 Å². The van der Waals surface area contributed by atoms with E-state index in [0.29, 0.717) is 0 Å². The van der Waals surface area contributed by atoms with Crippen molar-refractivity contribution in [2.75, 3.05) is 18.2 Å². The van der Waals surface area contributed by atoms with Crippen molar-refractivity contribution in [3.05, 3.63) is 99.0 Å². The third kappa shape index (κ3) is 3.33. The Kier molecular flexibility index (Phi) is 5.14. The van der Waals surface area contributed by atoms with Crippen LogP contribution >= 0.6 is 11.8 Å². The maximum atomic E-state index is 13.4. The van der Waals surface area contributed by atoms with Crippen LogP contribution in [0.1, 0.15) is 38.8 Å². The summed E-state index contributed by atoms with van der Waals surface area (Å²) in [5, 5.41) is 1.88. The number of nitrogens with zero attached hydrogens (tertiary/aromatic N) is 3. The number of pyridine rings is 1. The van der Waals surface area contributed by atoms with Crippen LogP contribution in [0.3, 0.4) is 0 Å². The molecular formula is C24H19F2N3O2S. The molecule has 162 valence electrons. The number of halogens is 2. The second-order valence-electron chi connectivity index (χ2n) is 7.77. The molecule has 0 fully saturated rings. The van der Waals surface area contributed by atoms with Gasteiger partial charge in [-0.2, -0.15) is 0 Å². The van der Waals surface area contributed by atoms with Crippen molar-refractivity contribution < 1.29 is 13.6 Å². The average Bonchev–Trinajstić information content (AvgIpc) is 2.94. The first-order valence-electron chi connectivity index (χ1n) is 10.1. The number of rotatable bonds is 3. The highest BCUT2D eigenvalue weighted by Gasteiger charge is 2.38. The van der Waals surface area contributed by atoms with E-state index in [1.54, 1.807) is 35.6 Å². The van der Waals surface area contributed by atoms with Gasteiger partial charge in [-0.25, -0.2) is 8.78 Å². The number of hydrogen-bond acceptors (Lipinski definition) is 4. The van der Waals surface area contributed by atoms with Gasteiger partial charge in [-0.05, 0) is 30.2 Å². The van der Waals surface area contributed by atoms with Crippen LogP contribution in [0.25, 0.3) is 0 Å². The van der Waals surface area contributed by atoms with Gasteiger partial charge in [0.05, 0.1) is 17.5 Å². The molecule has 0 saturated carbocycles. The van der Waals surface area contributed by atoms with E-state index in [1.165, 1.54) is 6.07 Å². The molecule has 1 amide bonds. The van der Waals surface area contributed by atoms with Crippen LogP contribution in [0.4, 0.5) is 8.78 Å². The van der Waals surface area contributed by atoms with Crippen molar-refractivity contribution in [3.63, 3.8) is 0 Å². The SMILES string of the molecule is Cc1c2n(ccc1=O)N(C1c3ccc#cc3SCc3ccccc31)CN(CC(F)F)C2=O. The van der Waals surface area contributed by atoms with Crippen LogP contribution in [0.15, 0.2) is 58.4 Å². The number of alkyl halides is 2. The lowest BCUT2D eigenvalue weighted by atomic mass is 9.94. The summed E-state index contributed by atoms with van der Waals surface area (Å²) < 4.78 is 28.4. The standard InChI is InChI=1S/C24H19F2N3O2S/c1-15-19(30)10-11-28-22(15)24(31)27(12-21(25)26)14-29(28)23-17-7-3-2-6-16(17)13-32-20-9-5-4-8-18(20)23/h2-4,6-8,10-11,21,23H,12-14H2,1H3. The quantitative estimate of drug-likeness (QED) is 0.608. The number of aromatic nitrogens is 1. The minimum absolute atomic E-state index is 0.0415. The van der Waals surface area contributed by atoms with E-state index in [-0.39, 0.29) is 29.4 Å². The van der Waals surface area contributed by atoms with E-state index in [4.69, 9.17) is 0 Å². The summed E-state index contributed by atoms with van der Waals surface area (Å²) in [6, 6.07) is 19.0. The summed E-state index contributed by atoms with van der Waals surface area (Å²) in [6.45, 7) is 0.812. The molecule has 3 aromatic rings. The van der Waals surface area contributed by atoms with Gasteiger partial charge in [0, 0.05) is 29.1 Å². The molecule has 0 N–H and O–H groups in total. The Morgan fingerprint density at radius 3 is 2.78 bits per heavy atom. The average molecular weight is 451 g/mol. The Bertz CT molecular complexity index is 1210. The molecule has 0 bridgehead atoms. The molecule has 0 saturated heterocycles. The van der Waals surface area contributed by atoms with E-state index >= 15 is 0 Å². The summed E-state index contributed by atoms with van der Waals surface area (Å²) in [7, 11) is 0. The highest BCUT2D eigenvalue weighted by Crippen LogP contribution is 2.41. The molecule has 32 heavy (non-hydrogen) atoms. The van der Waals surface area contributed by atoms with Crippen molar-refractivity contribution in [1.29, 1.82) is 0 Å². The normalized spacial score (nSPS) is 17.4. The first-order chi connectivity index (χ1) is 15.5. The van der Waals surface area contributed by atoms with Gasteiger partial charge in [0.15, 0.2) is 5.43 Å². The topological polar surface area (TPSA) is 45.6 Å². The molecular weight excluding hydrogens is 432 g/mol.